The lowest BCUT2D eigenvalue weighted by molar-refractivity contribution is 0.102. The lowest BCUT2D eigenvalue weighted by Crippen LogP contribution is -2.11. The van der Waals surface area contributed by atoms with Crippen molar-refractivity contribution in [3.63, 3.8) is 0 Å². The van der Waals surface area contributed by atoms with Gasteiger partial charge in [0.15, 0.2) is 0 Å². The number of amides is 1. The number of aliphatic hydroxyl groups is 1. The molecule has 0 radical (unpaired) electrons. The van der Waals surface area contributed by atoms with Crippen molar-refractivity contribution in [1.29, 1.82) is 0 Å². The lowest BCUT2D eigenvalue weighted by atomic mass is 10.0. The van der Waals surface area contributed by atoms with E-state index in [9.17, 15) is 4.79 Å². The Morgan fingerprint density at radius 3 is 2.27 bits per heavy atom. The fourth-order valence-electron chi connectivity index (χ4n) is 2.02. The van der Waals surface area contributed by atoms with Gasteiger partial charge in [0.2, 0.25) is 0 Å². The molecule has 0 saturated heterocycles. The van der Waals surface area contributed by atoms with Crippen molar-refractivity contribution < 1.29 is 14.6 Å². The molecule has 0 aromatic heterocycles. The first-order valence-electron chi connectivity index (χ1n) is 7.35. The Bertz CT molecular complexity index is 603. The predicted molar refractivity (Wildman–Crippen MR) is 87.5 cm³/mol. The summed E-state index contributed by atoms with van der Waals surface area (Å²) < 4.78 is 5.27. The Hall–Kier alpha value is -2.33. The SMILES string of the molecule is CC(C)c1ccc(C(=O)Nc2ccc(OCCO)cc2)cc1. The lowest BCUT2D eigenvalue weighted by Gasteiger charge is -2.09. The molecule has 0 atom stereocenters. The van der Waals surface area contributed by atoms with Crippen molar-refractivity contribution in [2.24, 2.45) is 0 Å². The van der Waals surface area contributed by atoms with Crippen LogP contribution >= 0.6 is 0 Å². The van der Waals surface area contributed by atoms with Crippen LogP contribution in [0, 0.1) is 0 Å². The van der Waals surface area contributed by atoms with Crippen LogP contribution in [0.4, 0.5) is 5.69 Å². The fourth-order valence-corrected chi connectivity index (χ4v) is 2.02. The molecule has 116 valence electrons. The summed E-state index contributed by atoms with van der Waals surface area (Å²) in [7, 11) is 0. The molecule has 0 aliphatic heterocycles. The molecule has 2 rings (SSSR count). The zero-order valence-electron chi connectivity index (χ0n) is 12.9. The summed E-state index contributed by atoms with van der Waals surface area (Å²) in [6, 6.07) is 14.7. The van der Waals surface area contributed by atoms with Gasteiger partial charge in [-0.3, -0.25) is 4.79 Å². The number of rotatable bonds is 6. The van der Waals surface area contributed by atoms with Crippen LogP contribution in [0.1, 0.15) is 35.7 Å². The van der Waals surface area contributed by atoms with E-state index in [0.29, 0.717) is 22.9 Å². The minimum atomic E-state index is -0.140. The topological polar surface area (TPSA) is 58.6 Å². The van der Waals surface area contributed by atoms with E-state index in [1.807, 2.05) is 24.3 Å². The number of aliphatic hydroxyl groups excluding tert-OH is 1. The van der Waals surface area contributed by atoms with Gasteiger partial charge in [-0.05, 0) is 47.9 Å². The van der Waals surface area contributed by atoms with Crippen molar-refractivity contribution in [2.45, 2.75) is 19.8 Å². The molecule has 1 amide bonds. The third-order valence-corrected chi connectivity index (χ3v) is 3.31. The summed E-state index contributed by atoms with van der Waals surface area (Å²) in [5, 5.41) is 11.5. The first-order valence-corrected chi connectivity index (χ1v) is 7.35. The van der Waals surface area contributed by atoms with Crippen LogP contribution in [-0.4, -0.2) is 24.2 Å². The standard InChI is InChI=1S/C18H21NO3/c1-13(2)14-3-5-15(6-4-14)18(21)19-16-7-9-17(10-8-16)22-12-11-20/h3-10,13,20H,11-12H2,1-2H3,(H,19,21). The smallest absolute Gasteiger partial charge is 0.255 e. The third kappa shape index (κ3) is 4.33. The number of hydrogen-bond donors (Lipinski definition) is 2. The van der Waals surface area contributed by atoms with Crippen molar-refractivity contribution in [2.75, 3.05) is 18.5 Å². The average Bonchev–Trinajstić information content (AvgIpc) is 2.54. The Labute approximate surface area is 130 Å². The van der Waals surface area contributed by atoms with Crippen LogP contribution in [0.25, 0.3) is 0 Å². The van der Waals surface area contributed by atoms with Crippen molar-refractivity contribution >= 4 is 11.6 Å². The van der Waals surface area contributed by atoms with Gasteiger partial charge in [-0.1, -0.05) is 26.0 Å². The van der Waals surface area contributed by atoms with Crippen molar-refractivity contribution in [3.05, 3.63) is 59.7 Å². The number of ether oxygens (including phenoxy) is 1. The van der Waals surface area contributed by atoms with Gasteiger partial charge in [-0.15, -0.1) is 0 Å². The Morgan fingerprint density at radius 2 is 1.73 bits per heavy atom. The number of hydrogen-bond acceptors (Lipinski definition) is 3. The largest absolute Gasteiger partial charge is 0.491 e. The molecule has 0 aliphatic carbocycles. The van der Waals surface area contributed by atoms with Crippen LogP contribution < -0.4 is 10.1 Å². The molecule has 2 N–H and O–H groups in total. The summed E-state index contributed by atoms with van der Waals surface area (Å²) in [4.78, 5) is 12.2. The van der Waals surface area contributed by atoms with Crippen molar-refractivity contribution in [1.82, 2.24) is 0 Å². The van der Waals surface area contributed by atoms with Crippen LogP contribution in [0.3, 0.4) is 0 Å². The van der Waals surface area contributed by atoms with Gasteiger partial charge in [-0.25, -0.2) is 0 Å². The minimum Gasteiger partial charge on any atom is -0.491 e. The summed E-state index contributed by atoms with van der Waals surface area (Å²) in [6.07, 6.45) is 0. The Morgan fingerprint density at radius 1 is 1.09 bits per heavy atom. The molecule has 0 spiro atoms. The number of carbonyl (C=O) groups is 1. The second kappa shape index (κ2) is 7.61. The van der Waals surface area contributed by atoms with Gasteiger partial charge in [0.25, 0.3) is 5.91 Å². The average molecular weight is 299 g/mol. The van der Waals surface area contributed by atoms with E-state index in [1.165, 1.54) is 5.56 Å². The molecule has 4 heteroatoms. The maximum Gasteiger partial charge on any atom is 0.255 e. The normalized spacial score (nSPS) is 10.5. The van der Waals surface area contributed by atoms with E-state index in [-0.39, 0.29) is 19.1 Å². The highest BCUT2D eigenvalue weighted by atomic mass is 16.5. The highest BCUT2D eigenvalue weighted by Gasteiger charge is 2.07. The van der Waals surface area contributed by atoms with Gasteiger partial charge in [0.1, 0.15) is 12.4 Å². The molecule has 22 heavy (non-hydrogen) atoms. The first-order chi connectivity index (χ1) is 10.6. The second-order valence-corrected chi connectivity index (χ2v) is 5.33. The zero-order valence-corrected chi connectivity index (χ0v) is 12.9. The van der Waals surface area contributed by atoms with Crippen molar-refractivity contribution in [3.8, 4) is 5.75 Å². The number of benzene rings is 2. The molecule has 0 saturated carbocycles. The number of anilines is 1. The fraction of sp³-hybridized carbons (Fsp3) is 0.278. The maximum atomic E-state index is 12.2. The first kappa shape index (κ1) is 16.0. The zero-order chi connectivity index (χ0) is 15.9. The van der Waals surface area contributed by atoms with Gasteiger partial charge in [0.05, 0.1) is 6.61 Å². The summed E-state index contributed by atoms with van der Waals surface area (Å²) >= 11 is 0. The summed E-state index contributed by atoms with van der Waals surface area (Å²) in [6.45, 7) is 4.48. The summed E-state index contributed by atoms with van der Waals surface area (Å²) in [5.41, 5.74) is 2.54. The molecule has 0 unspecified atom stereocenters. The monoisotopic (exact) mass is 299 g/mol. The maximum absolute atomic E-state index is 12.2. The number of carbonyl (C=O) groups excluding carboxylic acids is 1. The molecular weight excluding hydrogens is 278 g/mol. The molecule has 0 heterocycles. The summed E-state index contributed by atoms with van der Waals surface area (Å²) in [5.74, 6) is 0.969. The van der Waals surface area contributed by atoms with E-state index >= 15 is 0 Å². The van der Waals surface area contributed by atoms with E-state index in [1.54, 1.807) is 24.3 Å². The van der Waals surface area contributed by atoms with Gasteiger partial charge < -0.3 is 15.2 Å². The second-order valence-electron chi connectivity index (χ2n) is 5.33. The van der Waals surface area contributed by atoms with Crippen LogP contribution in [0.15, 0.2) is 48.5 Å². The van der Waals surface area contributed by atoms with Gasteiger partial charge in [-0.2, -0.15) is 0 Å². The molecule has 0 fully saturated rings. The van der Waals surface area contributed by atoms with Crippen LogP contribution in [0.5, 0.6) is 5.75 Å². The van der Waals surface area contributed by atoms with Crippen LogP contribution in [0.2, 0.25) is 0 Å². The molecule has 0 aliphatic rings. The Kier molecular flexibility index (Phi) is 5.55. The van der Waals surface area contributed by atoms with E-state index in [2.05, 4.69) is 19.2 Å². The van der Waals surface area contributed by atoms with Gasteiger partial charge in [0, 0.05) is 11.3 Å². The Balaban J connectivity index is 1.99. The highest BCUT2D eigenvalue weighted by Crippen LogP contribution is 2.18. The molecule has 2 aromatic carbocycles. The van der Waals surface area contributed by atoms with Crippen LogP contribution in [-0.2, 0) is 0 Å². The molecule has 0 bridgehead atoms. The number of nitrogens with one attached hydrogen (secondary N) is 1. The molecule has 4 nitrogen and oxygen atoms in total. The molecular formula is C18H21NO3. The van der Waals surface area contributed by atoms with E-state index in [0.717, 1.165) is 0 Å². The molecule has 2 aromatic rings. The quantitative estimate of drug-likeness (QED) is 0.859. The highest BCUT2D eigenvalue weighted by molar-refractivity contribution is 6.04. The minimum absolute atomic E-state index is 0.0230. The van der Waals surface area contributed by atoms with E-state index < -0.39 is 0 Å². The van der Waals surface area contributed by atoms with Gasteiger partial charge >= 0.3 is 0 Å². The predicted octanol–water partition coefficient (Wildman–Crippen LogP) is 3.43. The van der Waals surface area contributed by atoms with E-state index in [4.69, 9.17) is 9.84 Å². The third-order valence-electron chi connectivity index (χ3n) is 3.31.